The van der Waals surface area contributed by atoms with Crippen LogP contribution in [-0.2, 0) is 9.53 Å². The van der Waals surface area contributed by atoms with Crippen LogP contribution in [0, 0.1) is 20.8 Å². The van der Waals surface area contributed by atoms with Gasteiger partial charge in [0.15, 0.2) is 6.10 Å². The fourth-order valence-corrected chi connectivity index (χ4v) is 2.56. The Morgan fingerprint density at radius 2 is 1.77 bits per heavy atom. The molecule has 0 heterocycles. The maximum Gasteiger partial charge on any atom is 0.338 e. The molecule has 5 heteroatoms. The van der Waals surface area contributed by atoms with Crippen molar-refractivity contribution in [3.8, 4) is 5.75 Å². The van der Waals surface area contributed by atoms with Crippen molar-refractivity contribution in [3.63, 3.8) is 0 Å². The summed E-state index contributed by atoms with van der Waals surface area (Å²) in [6.07, 6.45) is -0.652. The summed E-state index contributed by atoms with van der Waals surface area (Å²) >= 11 is 0. The molecule has 0 aliphatic rings. The molecule has 1 N–H and O–H groups in total. The highest BCUT2D eigenvalue weighted by Crippen LogP contribution is 2.21. The van der Waals surface area contributed by atoms with Crippen LogP contribution in [0.2, 0.25) is 0 Å². The number of anilines is 1. The average molecular weight is 355 g/mol. The SMILES string of the molecule is CCOC(=O)c1ccc(NC(=O)C(C)Oc2ccc(C)cc2C)c(C)c1. The van der Waals surface area contributed by atoms with Crippen LogP contribution in [0.25, 0.3) is 0 Å². The molecule has 0 fully saturated rings. The molecule has 5 nitrogen and oxygen atoms in total. The Morgan fingerprint density at radius 3 is 2.38 bits per heavy atom. The maximum absolute atomic E-state index is 12.4. The van der Waals surface area contributed by atoms with Gasteiger partial charge in [0.1, 0.15) is 5.75 Å². The van der Waals surface area contributed by atoms with Gasteiger partial charge in [-0.1, -0.05) is 17.7 Å². The summed E-state index contributed by atoms with van der Waals surface area (Å²) in [6.45, 7) is 9.58. The minimum absolute atomic E-state index is 0.253. The Morgan fingerprint density at radius 1 is 1.04 bits per heavy atom. The second-order valence-corrected chi connectivity index (χ2v) is 6.27. The zero-order valence-electron chi connectivity index (χ0n) is 15.9. The van der Waals surface area contributed by atoms with Gasteiger partial charge >= 0.3 is 5.97 Å². The summed E-state index contributed by atoms with van der Waals surface area (Å²) in [4.78, 5) is 24.2. The van der Waals surface area contributed by atoms with Crippen molar-refractivity contribution < 1.29 is 19.1 Å². The topological polar surface area (TPSA) is 64.6 Å². The molecule has 138 valence electrons. The van der Waals surface area contributed by atoms with Crippen LogP contribution in [0.15, 0.2) is 36.4 Å². The number of esters is 1. The first-order chi connectivity index (χ1) is 12.3. The van der Waals surface area contributed by atoms with E-state index in [1.807, 2.05) is 39.0 Å². The molecule has 2 aromatic rings. The van der Waals surface area contributed by atoms with E-state index in [0.29, 0.717) is 23.6 Å². The Kier molecular flexibility index (Phi) is 6.39. The molecule has 1 amide bonds. The highest BCUT2D eigenvalue weighted by molar-refractivity contribution is 5.96. The number of hydrogen-bond donors (Lipinski definition) is 1. The molecule has 26 heavy (non-hydrogen) atoms. The van der Waals surface area contributed by atoms with Gasteiger partial charge in [-0.25, -0.2) is 4.79 Å². The minimum atomic E-state index is -0.652. The number of carbonyl (C=O) groups excluding carboxylic acids is 2. The molecule has 2 rings (SSSR count). The summed E-state index contributed by atoms with van der Waals surface area (Å²) in [5.74, 6) is 0.0598. The molecular weight excluding hydrogens is 330 g/mol. The molecule has 0 saturated carbocycles. The first-order valence-electron chi connectivity index (χ1n) is 8.64. The molecule has 0 radical (unpaired) electrons. The molecule has 0 saturated heterocycles. The highest BCUT2D eigenvalue weighted by atomic mass is 16.5. The van der Waals surface area contributed by atoms with Crippen molar-refractivity contribution in [2.45, 2.75) is 40.7 Å². The van der Waals surface area contributed by atoms with Gasteiger partial charge in [-0.15, -0.1) is 0 Å². The predicted octanol–water partition coefficient (Wildman–Crippen LogP) is 4.19. The molecule has 0 bridgehead atoms. The normalized spacial score (nSPS) is 11.6. The predicted molar refractivity (Wildman–Crippen MR) is 102 cm³/mol. The number of rotatable bonds is 6. The molecule has 1 atom stereocenters. The fraction of sp³-hybridized carbons (Fsp3) is 0.333. The third kappa shape index (κ3) is 4.85. The van der Waals surface area contributed by atoms with E-state index in [2.05, 4.69) is 5.32 Å². The monoisotopic (exact) mass is 355 g/mol. The van der Waals surface area contributed by atoms with Crippen LogP contribution in [-0.4, -0.2) is 24.6 Å². The van der Waals surface area contributed by atoms with Gasteiger partial charge in [-0.05, 0) is 70.0 Å². The van der Waals surface area contributed by atoms with Gasteiger partial charge in [0.25, 0.3) is 5.91 Å². The first kappa shape index (κ1) is 19.5. The maximum atomic E-state index is 12.4. The summed E-state index contributed by atoms with van der Waals surface area (Å²) < 4.78 is 10.8. The largest absolute Gasteiger partial charge is 0.481 e. The smallest absolute Gasteiger partial charge is 0.338 e. The van der Waals surface area contributed by atoms with Crippen molar-refractivity contribution in [2.75, 3.05) is 11.9 Å². The van der Waals surface area contributed by atoms with Crippen molar-refractivity contribution in [1.29, 1.82) is 0 Å². The Bertz CT molecular complexity index is 814. The van der Waals surface area contributed by atoms with Crippen LogP contribution in [0.5, 0.6) is 5.75 Å². The van der Waals surface area contributed by atoms with Gasteiger partial charge in [-0.2, -0.15) is 0 Å². The second kappa shape index (κ2) is 8.52. The zero-order valence-corrected chi connectivity index (χ0v) is 15.9. The fourth-order valence-electron chi connectivity index (χ4n) is 2.56. The Balaban J connectivity index is 2.05. The van der Waals surface area contributed by atoms with Crippen LogP contribution in [0.3, 0.4) is 0 Å². The third-order valence-corrected chi connectivity index (χ3v) is 4.00. The molecular formula is C21H25NO4. The van der Waals surface area contributed by atoms with E-state index < -0.39 is 6.10 Å². The molecule has 0 aliphatic heterocycles. The van der Waals surface area contributed by atoms with Crippen molar-refractivity contribution in [3.05, 3.63) is 58.7 Å². The Hall–Kier alpha value is -2.82. The standard InChI is InChI=1S/C21H25NO4/c1-6-25-21(24)17-8-9-18(14(3)12-17)22-20(23)16(5)26-19-10-7-13(2)11-15(19)4/h7-12,16H,6H2,1-5H3,(H,22,23). The van der Waals surface area contributed by atoms with Crippen molar-refractivity contribution in [2.24, 2.45) is 0 Å². The van der Waals surface area contributed by atoms with Gasteiger partial charge in [0.2, 0.25) is 0 Å². The lowest BCUT2D eigenvalue weighted by molar-refractivity contribution is -0.122. The number of hydrogen-bond acceptors (Lipinski definition) is 4. The van der Waals surface area contributed by atoms with Crippen molar-refractivity contribution in [1.82, 2.24) is 0 Å². The van der Waals surface area contributed by atoms with E-state index >= 15 is 0 Å². The summed E-state index contributed by atoms with van der Waals surface area (Å²) in [5, 5.41) is 2.84. The van der Waals surface area contributed by atoms with E-state index in [0.717, 1.165) is 16.7 Å². The molecule has 0 aliphatic carbocycles. The van der Waals surface area contributed by atoms with E-state index in [1.54, 1.807) is 32.0 Å². The second-order valence-electron chi connectivity index (χ2n) is 6.27. The number of ether oxygens (including phenoxy) is 2. The summed E-state index contributed by atoms with van der Waals surface area (Å²) in [7, 11) is 0. The average Bonchev–Trinajstić information content (AvgIpc) is 2.59. The lowest BCUT2D eigenvalue weighted by Gasteiger charge is -2.17. The molecule has 1 unspecified atom stereocenters. The number of benzene rings is 2. The lowest BCUT2D eigenvalue weighted by Crippen LogP contribution is -2.30. The first-order valence-corrected chi connectivity index (χ1v) is 8.64. The lowest BCUT2D eigenvalue weighted by atomic mass is 10.1. The van der Waals surface area contributed by atoms with Crippen LogP contribution >= 0.6 is 0 Å². The van der Waals surface area contributed by atoms with E-state index in [1.165, 1.54) is 0 Å². The van der Waals surface area contributed by atoms with Gasteiger partial charge in [0.05, 0.1) is 12.2 Å². The number of carbonyl (C=O) groups is 2. The highest BCUT2D eigenvalue weighted by Gasteiger charge is 2.17. The minimum Gasteiger partial charge on any atom is -0.481 e. The van der Waals surface area contributed by atoms with Gasteiger partial charge in [-0.3, -0.25) is 4.79 Å². The van der Waals surface area contributed by atoms with E-state index in [4.69, 9.17) is 9.47 Å². The van der Waals surface area contributed by atoms with E-state index in [9.17, 15) is 9.59 Å². The van der Waals surface area contributed by atoms with Crippen LogP contribution in [0.4, 0.5) is 5.69 Å². The van der Waals surface area contributed by atoms with Gasteiger partial charge in [0, 0.05) is 5.69 Å². The van der Waals surface area contributed by atoms with Crippen LogP contribution in [0.1, 0.15) is 40.9 Å². The van der Waals surface area contributed by atoms with E-state index in [-0.39, 0.29) is 11.9 Å². The van der Waals surface area contributed by atoms with Gasteiger partial charge < -0.3 is 14.8 Å². The van der Waals surface area contributed by atoms with Crippen LogP contribution < -0.4 is 10.1 Å². The van der Waals surface area contributed by atoms with Crippen molar-refractivity contribution >= 4 is 17.6 Å². The number of amides is 1. The molecule has 0 spiro atoms. The number of nitrogens with one attached hydrogen (secondary N) is 1. The number of aryl methyl sites for hydroxylation is 3. The summed E-state index contributed by atoms with van der Waals surface area (Å²) in [5.41, 5.74) is 4.01. The molecule has 0 aromatic heterocycles. The summed E-state index contributed by atoms with van der Waals surface area (Å²) in [6, 6.07) is 10.9. The zero-order chi connectivity index (χ0) is 19.3. The Labute approximate surface area is 154 Å². The quantitative estimate of drug-likeness (QED) is 0.789. The molecule has 2 aromatic carbocycles. The third-order valence-electron chi connectivity index (χ3n) is 4.00.